The van der Waals surface area contributed by atoms with Gasteiger partial charge in [0.1, 0.15) is 0 Å². The molecule has 0 fully saturated rings. The van der Waals surface area contributed by atoms with Gasteiger partial charge in [-0.15, -0.1) is 0 Å². The number of hydrogen-bond donors (Lipinski definition) is 1. The number of carboxylic acids is 1. The number of rotatable bonds is 0. The maximum absolute atomic E-state index is 9.00. The molecule has 0 saturated heterocycles. The van der Waals surface area contributed by atoms with Gasteiger partial charge in [0.2, 0.25) is 0 Å². The predicted molar refractivity (Wildman–Crippen MR) is 37.9 cm³/mol. The van der Waals surface area contributed by atoms with Crippen molar-refractivity contribution in [1.82, 2.24) is 0 Å². The van der Waals surface area contributed by atoms with Crippen molar-refractivity contribution in [3.8, 4) is 0 Å². The van der Waals surface area contributed by atoms with Crippen LogP contribution in [0.5, 0.6) is 0 Å². The third kappa shape index (κ3) is 110. The zero-order valence-electron chi connectivity index (χ0n) is 3.82. The average molecular weight is 179 g/mol. The molecule has 0 atom stereocenters. The minimum absolute atomic E-state index is 0. The van der Waals surface area contributed by atoms with E-state index in [1.54, 1.807) is 0 Å². The van der Waals surface area contributed by atoms with Crippen LogP contribution in [0.2, 0.25) is 0 Å². The van der Waals surface area contributed by atoms with Gasteiger partial charge in [-0.2, -0.15) is 0 Å². The average Bonchev–Trinajstić information content (AvgIpc) is 1.33. The van der Waals surface area contributed by atoms with Crippen LogP contribution >= 0.6 is 18.1 Å². The van der Waals surface area contributed by atoms with Gasteiger partial charge < -0.3 is 23.2 Å². The first-order valence-electron chi connectivity index (χ1n) is 1.46. The van der Waals surface area contributed by atoms with Gasteiger partial charge in [-0.1, -0.05) is 0 Å². The summed E-state index contributed by atoms with van der Waals surface area (Å²) in [6.07, 6.45) is 0. The molecule has 1 N–H and O–H groups in total. The standard InChI is InChI=1S/C2H4O2.2ClH.Mg.Na.H/c1-2(3)4;;;;;/h1H3,(H,3,4);2*1H;;;/q;;;+2;;/p-2. The molecule has 6 heteroatoms. The van der Waals surface area contributed by atoms with Crippen LogP contribution in [0.1, 0.15) is 6.92 Å². The molecule has 0 amide bonds. The summed E-state index contributed by atoms with van der Waals surface area (Å²) in [5.41, 5.74) is 0. The quantitative estimate of drug-likeness (QED) is 0.548. The molecule has 0 aliphatic rings. The van der Waals surface area contributed by atoms with Gasteiger partial charge in [0.15, 0.2) is 0 Å². The van der Waals surface area contributed by atoms with Crippen molar-refractivity contribution in [1.29, 1.82) is 0 Å². The van der Waals surface area contributed by atoms with E-state index in [4.69, 9.17) is 28.0 Å². The molecular weight excluding hydrogens is 174 g/mol. The van der Waals surface area contributed by atoms with Crippen LogP contribution in [0.25, 0.3) is 0 Å². The van der Waals surface area contributed by atoms with E-state index in [1.165, 1.54) is 0 Å². The van der Waals surface area contributed by atoms with E-state index >= 15 is 0 Å². The molecule has 0 aliphatic heterocycles. The monoisotopic (exact) mass is 178 g/mol. The van der Waals surface area contributed by atoms with Crippen molar-refractivity contribution in [2.45, 2.75) is 6.92 Å². The number of carboxylic acid groups (broad SMARTS) is 1. The Labute approximate surface area is 87.5 Å². The first kappa shape index (κ1) is 16.4. The fraction of sp³-hybridized carbons (Fsp3) is 0.500. The van der Waals surface area contributed by atoms with Crippen LogP contribution in [0.3, 0.4) is 0 Å². The van der Waals surface area contributed by atoms with Gasteiger partial charge in [-0.05, 0) is 0 Å². The summed E-state index contributed by atoms with van der Waals surface area (Å²) in [5, 5.41) is 7.42. The zero-order valence-corrected chi connectivity index (χ0v) is 6.74. The molecule has 0 saturated carbocycles. The normalized spacial score (nSPS) is 4.38. The van der Waals surface area contributed by atoms with Crippen LogP contribution in [0.4, 0.5) is 0 Å². The molecule has 0 aromatic rings. The molecule has 8 heavy (non-hydrogen) atoms. The van der Waals surface area contributed by atoms with Crippen molar-refractivity contribution in [3.63, 3.8) is 0 Å². The molecule has 0 heterocycles. The minimum atomic E-state index is -0.833. The summed E-state index contributed by atoms with van der Waals surface area (Å²) >= 11 is -0.639. The van der Waals surface area contributed by atoms with E-state index in [0.29, 0.717) is 0 Å². The van der Waals surface area contributed by atoms with E-state index in [0.717, 1.165) is 6.92 Å². The molecule has 0 aromatic carbocycles. The molecule has 0 unspecified atom stereocenters. The Hall–Kier alpha value is 1.82. The van der Waals surface area contributed by atoms with Crippen molar-refractivity contribution in [3.05, 3.63) is 0 Å². The molecule has 0 spiro atoms. The van der Waals surface area contributed by atoms with Crippen LogP contribution in [0, 0.1) is 0 Å². The predicted octanol–water partition coefficient (Wildman–Crippen LogP) is 0.441. The third-order valence-electron chi connectivity index (χ3n) is 0. The van der Waals surface area contributed by atoms with E-state index < -0.39 is 24.1 Å². The fourth-order valence-corrected chi connectivity index (χ4v) is 0. The summed E-state index contributed by atoms with van der Waals surface area (Å²) in [7, 11) is 9.81. The van der Waals surface area contributed by atoms with Gasteiger partial charge in [-0.25, -0.2) is 0 Å². The first-order chi connectivity index (χ1) is 3.15. The van der Waals surface area contributed by atoms with E-state index in [9.17, 15) is 0 Å². The Kier molecular flexibility index (Phi) is 32.7. The van der Waals surface area contributed by atoms with Crippen molar-refractivity contribution in [2.75, 3.05) is 0 Å². The molecule has 0 radical (unpaired) electrons. The summed E-state index contributed by atoms with van der Waals surface area (Å²) in [4.78, 5) is 9.00. The Bertz CT molecular complexity index is 49.3. The Morgan fingerprint density at radius 3 is 1.62 bits per heavy atom. The van der Waals surface area contributed by atoms with E-state index in [1.807, 2.05) is 0 Å². The van der Waals surface area contributed by atoms with Gasteiger partial charge in [0, 0.05) is 6.92 Å². The van der Waals surface area contributed by atoms with Crippen molar-refractivity contribution >= 4 is 71.8 Å². The summed E-state index contributed by atoms with van der Waals surface area (Å²) in [5.74, 6) is -0.833. The van der Waals surface area contributed by atoms with Gasteiger partial charge in [-0.3, -0.25) is 4.79 Å². The molecule has 42 valence electrons. The second-order valence-electron chi connectivity index (χ2n) is 0.620. The van der Waals surface area contributed by atoms with Crippen LogP contribution in [0.15, 0.2) is 0 Å². The number of carbonyl (C=O) groups is 1. The number of hydrogen-bond acceptors (Lipinski definition) is 1. The summed E-state index contributed by atoms with van der Waals surface area (Å²) in [6.45, 7) is 1.08. The SMILES string of the molecule is CC(=O)O.[Cl][Mg][Cl].[NaH]. The summed E-state index contributed by atoms with van der Waals surface area (Å²) in [6, 6.07) is 0. The van der Waals surface area contributed by atoms with Crippen molar-refractivity contribution in [2.24, 2.45) is 0 Å². The molecule has 0 aliphatic carbocycles. The van der Waals surface area contributed by atoms with E-state index in [2.05, 4.69) is 0 Å². The molecule has 0 rings (SSSR count). The number of halogens is 2. The maximum atomic E-state index is 9.00. The molecule has 0 aromatic heterocycles. The second-order valence-corrected chi connectivity index (χ2v) is 3.25. The van der Waals surface area contributed by atoms with Gasteiger partial charge in [0.05, 0.1) is 0 Å². The fourth-order valence-electron chi connectivity index (χ4n) is 0. The van der Waals surface area contributed by atoms with Crippen LogP contribution in [-0.2, 0) is 4.79 Å². The topological polar surface area (TPSA) is 37.3 Å². The third-order valence-corrected chi connectivity index (χ3v) is 0. The van der Waals surface area contributed by atoms with Gasteiger partial charge >= 0.3 is 47.7 Å². The second kappa shape index (κ2) is 15.9. The zero-order chi connectivity index (χ0) is 6.28. The first-order valence-corrected chi connectivity index (χ1v) is 5.74. The summed E-state index contributed by atoms with van der Waals surface area (Å²) < 4.78 is 0. The Balaban J connectivity index is -0.0000000575. The van der Waals surface area contributed by atoms with E-state index in [-0.39, 0.29) is 29.6 Å². The van der Waals surface area contributed by atoms with Gasteiger partial charge in [0.25, 0.3) is 5.97 Å². The van der Waals surface area contributed by atoms with Crippen LogP contribution in [-0.4, -0.2) is 58.8 Å². The van der Waals surface area contributed by atoms with Crippen LogP contribution < -0.4 is 0 Å². The molecule has 2 nitrogen and oxygen atoms in total. The number of aliphatic carboxylic acids is 1. The molecule has 0 bridgehead atoms. The Morgan fingerprint density at radius 1 is 1.62 bits per heavy atom. The van der Waals surface area contributed by atoms with Crippen molar-refractivity contribution < 1.29 is 9.90 Å². The molecular formula is C2H5Cl2MgNaO2. The Morgan fingerprint density at radius 2 is 1.62 bits per heavy atom.